The van der Waals surface area contributed by atoms with E-state index in [2.05, 4.69) is 44.7 Å². The highest BCUT2D eigenvalue weighted by Crippen LogP contribution is 2.39. The van der Waals surface area contributed by atoms with Crippen molar-refractivity contribution in [1.29, 1.82) is 0 Å². The Morgan fingerprint density at radius 1 is 1.00 bits per heavy atom. The monoisotopic (exact) mass is 633 g/mol. The average Bonchev–Trinajstić information content (AvgIpc) is 3.09. The predicted octanol–water partition coefficient (Wildman–Crippen LogP) is 6.02. The fourth-order valence-electron chi connectivity index (χ4n) is 4.06. The number of nitrogens with one attached hydrogen (secondary N) is 2. The van der Waals surface area contributed by atoms with Crippen molar-refractivity contribution in [2.24, 2.45) is 0 Å². The molecule has 244 valence electrons. The van der Waals surface area contributed by atoms with Gasteiger partial charge in [-0.05, 0) is 77.9 Å². The van der Waals surface area contributed by atoms with Gasteiger partial charge in [-0.25, -0.2) is 4.79 Å². The summed E-state index contributed by atoms with van der Waals surface area (Å²) in [5.74, 6) is -2.25. The molecule has 1 aliphatic heterocycles. The van der Waals surface area contributed by atoms with Crippen LogP contribution in [-0.2, 0) is 24.9 Å². The third-order valence-corrected chi connectivity index (χ3v) is 12.0. The number of hydrogen-bond acceptors (Lipinski definition) is 7. The predicted molar refractivity (Wildman–Crippen MR) is 157 cm³/mol. The van der Waals surface area contributed by atoms with Gasteiger partial charge in [0.05, 0.1) is 18.8 Å². The van der Waals surface area contributed by atoms with Gasteiger partial charge in [-0.15, -0.1) is 0 Å². The van der Waals surface area contributed by atoms with E-state index in [1.54, 1.807) is 34.6 Å². The highest BCUT2D eigenvalue weighted by Gasteiger charge is 2.57. The molecular weight excluding hydrogens is 587 g/mol. The van der Waals surface area contributed by atoms with Gasteiger partial charge < -0.3 is 18.6 Å². The fraction of sp³-hybridized carbons (Fsp3) is 0.690. The van der Waals surface area contributed by atoms with Gasteiger partial charge in [0, 0.05) is 18.6 Å². The molecule has 1 saturated heterocycles. The highest BCUT2D eigenvalue weighted by molar-refractivity contribution is 6.74. The van der Waals surface area contributed by atoms with Crippen LogP contribution < -0.4 is 15.6 Å². The number of alkyl halides is 3. The number of carbonyl (C=O) groups is 3. The van der Waals surface area contributed by atoms with E-state index < -0.39 is 60.6 Å². The normalized spacial score (nSPS) is 19.2. The number of amides is 3. The molecule has 1 unspecified atom stereocenters. The van der Waals surface area contributed by atoms with E-state index in [0.29, 0.717) is 19.1 Å². The third kappa shape index (κ3) is 9.08. The van der Waals surface area contributed by atoms with Crippen LogP contribution in [0.25, 0.3) is 0 Å². The molecule has 1 aliphatic rings. The first kappa shape index (κ1) is 36.3. The van der Waals surface area contributed by atoms with Crippen LogP contribution in [0.1, 0.15) is 84.7 Å². The van der Waals surface area contributed by atoms with E-state index in [0.717, 1.165) is 17.0 Å². The van der Waals surface area contributed by atoms with Crippen LogP contribution in [0.3, 0.4) is 0 Å². The van der Waals surface area contributed by atoms with E-state index in [-0.39, 0.29) is 23.8 Å². The SMILES string of the molecule is CC(C)(C)OC(=O)N1C(C)(C)OCC1(C)C(=O)NNC(=O)c1ccc(OCCCO[Si](C)(C)C(C)(C)C)c(C(F)(F)F)c1. The Balaban J connectivity index is 2.10. The summed E-state index contributed by atoms with van der Waals surface area (Å²) in [4.78, 5) is 40.0. The Morgan fingerprint density at radius 2 is 1.60 bits per heavy atom. The minimum atomic E-state index is -4.80. The van der Waals surface area contributed by atoms with E-state index in [4.69, 9.17) is 18.6 Å². The molecule has 0 spiro atoms. The molecule has 0 saturated carbocycles. The first-order chi connectivity index (χ1) is 19.3. The van der Waals surface area contributed by atoms with Crippen molar-refractivity contribution < 1.29 is 46.2 Å². The lowest BCUT2D eigenvalue weighted by molar-refractivity contribution is -0.139. The second-order valence-corrected chi connectivity index (χ2v) is 18.6. The molecule has 43 heavy (non-hydrogen) atoms. The average molecular weight is 634 g/mol. The lowest BCUT2D eigenvalue weighted by atomic mass is 10.0. The number of hydrazine groups is 1. The van der Waals surface area contributed by atoms with Gasteiger partial charge in [-0.1, -0.05) is 20.8 Å². The Hall–Kier alpha value is -2.84. The van der Waals surface area contributed by atoms with Crippen molar-refractivity contribution >= 4 is 26.2 Å². The number of ether oxygens (including phenoxy) is 3. The Bertz CT molecular complexity index is 1190. The van der Waals surface area contributed by atoms with Crippen molar-refractivity contribution in [2.75, 3.05) is 19.8 Å². The van der Waals surface area contributed by atoms with E-state index in [1.807, 2.05) is 0 Å². The van der Waals surface area contributed by atoms with Crippen LogP contribution >= 0.6 is 0 Å². The van der Waals surface area contributed by atoms with Gasteiger partial charge in [-0.2, -0.15) is 13.2 Å². The lowest BCUT2D eigenvalue weighted by Crippen LogP contribution is -2.63. The molecule has 1 aromatic rings. The maximum absolute atomic E-state index is 13.9. The summed E-state index contributed by atoms with van der Waals surface area (Å²) in [5, 5.41) is 0.00381. The lowest BCUT2D eigenvalue weighted by Gasteiger charge is -2.39. The van der Waals surface area contributed by atoms with Gasteiger partial charge in [-0.3, -0.25) is 25.3 Å². The minimum Gasteiger partial charge on any atom is -0.493 e. The van der Waals surface area contributed by atoms with Crippen LogP contribution in [0.2, 0.25) is 18.1 Å². The van der Waals surface area contributed by atoms with Crippen molar-refractivity contribution in [3.05, 3.63) is 29.3 Å². The number of rotatable bonds is 8. The zero-order chi connectivity index (χ0) is 33.2. The largest absolute Gasteiger partial charge is 0.493 e. The van der Waals surface area contributed by atoms with Gasteiger partial charge in [0.15, 0.2) is 8.32 Å². The molecule has 10 nitrogen and oxygen atoms in total. The Morgan fingerprint density at radius 3 is 2.14 bits per heavy atom. The summed E-state index contributed by atoms with van der Waals surface area (Å²) >= 11 is 0. The van der Waals surface area contributed by atoms with Gasteiger partial charge in [0.25, 0.3) is 11.8 Å². The fourth-order valence-corrected chi connectivity index (χ4v) is 5.15. The summed E-state index contributed by atoms with van der Waals surface area (Å²) in [5.41, 5.74) is -0.834. The zero-order valence-corrected chi connectivity index (χ0v) is 28.0. The Labute approximate surface area is 253 Å². The summed E-state index contributed by atoms with van der Waals surface area (Å²) in [6, 6.07) is 2.88. The molecular formula is C29H46F3N3O7Si. The molecule has 14 heteroatoms. The van der Waals surface area contributed by atoms with Gasteiger partial charge >= 0.3 is 12.3 Å². The summed E-state index contributed by atoms with van der Waals surface area (Å²) < 4.78 is 64.2. The van der Waals surface area contributed by atoms with Crippen LogP contribution in [-0.4, -0.2) is 67.8 Å². The summed E-state index contributed by atoms with van der Waals surface area (Å²) in [6.07, 6.45) is -5.23. The highest BCUT2D eigenvalue weighted by atomic mass is 28.4. The topological polar surface area (TPSA) is 115 Å². The molecule has 1 fully saturated rings. The molecule has 3 amide bonds. The Kier molecular flexibility index (Phi) is 10.7. The second-order valence-electron chi connectivity index (χ2n) is 13.8. The van der Waals surface area contributed by atoms with Crippen LogP contribution in [0.4, 0.5) is 18.0 Å². The number of carbonyl (C=O) groups excluding carboxylic acids is 3. The first-order valence-corrected chi connectivity index (χ1v) is 17.0. The first-order valence-electron chi connectivity index (χ1n) is 14.1. The molecule has 1 heterocycles. The third-order valence-electron chi connectivity index (χ3n) is 7.46. The molecule has 1 atom stereocenters. The van der Waals surface area contributed by atoms with E-state index >= 15 is 0 Å². The number of halogens is 3. The smallest absolute Gasteiger partial charge is 0.419 e. The van der Waals surface area contributed by atoms with Crippen molar-refractivity contribution in [3.63, 3.8) is 0 Å². The number of benzene rings is 1. The van der Waals surface area contributed by atoms with Crippen molar-refractivity contribution in [1.82, 2.24) is 15.8 Å². The van der Waals surface area contributed by atoms with Crippen LogP contribution in [0, 0.1) is 0 Å². The summed E-state index contributed by atoms with van der Waals surface area (Å²) in [7, 11) is -1.99. The van der Waals surface area contributed by atoms with Gasteiger partial charge in [0.1, 0.15) is 22.6 Å². The van der Waals surface area contributed by atoms with Crippen LogP contribution in [0.15, 0.2) is 18.2 Å². The zero-order valence-electron chi connectivity index (χ0n) is 27.0. The van der Waals surface area contributed by atoms with Gasteiger partial charge in [0.2, 0.25) is 0 Å². The molecule has 0 radical (unpaired) electrons. The standard InChI is InChI=1S/C29H46F3N3O7Si/c1-25(2,3)42-24(38)35-27(7,8)40-18-28(35,9)23(37)34-33-22(36)19-13-14-21(20(17-19)29(30,31)32)39-15-12-16-41-43(10,11)26(4,5)6/h13-14,17H,12,15-16,18H2,1-11H3,(H,33,36)(H,34,37). The molecule has 2 rings (SSSR count). The molecule has 1 aromatic carbocycles. The summed E-state index contributed by atoms with van der Waals surface area (Å²) in [6.45, 7) is 20.2. The molecule has 0 aliphatic carbocycles. The quantitative estimate of drug-likeness (QED) is 0.204. The van der Waals surface area contributed by atoms with Crippen LogP contribution in [0.5, 0.6) is 5.75 Å². The maximum atomic E-state index is 13.9. The molecule has 2 N–H and O–H groups in total. The molecule has 0 bridgehead atoms. The number of hydrogen-bond donors (Lipinski definition) is 2. The van der Waals surface area contributed by atoms with E-state index in [9.17, 15) is 27.6 Å². The van der Waals surface area contributed by atoms with Crippen molar-refractivity contribution in [2.45, 2.75) is 110 Å². The molecule has 0 aromatic heterocycles. The number of nitrogens with zero attached hydrogens (tertiary/aromatic N) is 1. The maximum Gasteiger partial charge on any atom is 0.419 e. The van der Waals surface area contributed by atoms with E-state index in [1.165, 1.54) is 6.92 Å². The second kappa shape index (κ2) is 12.6. The van der Waals surface area contributed by atoms with Crippen molar-refractivity contribution in [3.8, 4) is 5.75 Å². The minimum absolute atomic E-state index is 0.00381.